The highest BCUT2D eigenvalue weighted by atomic mass is 16.6. The molecule has 2 aromatic carbocycles. The number of carbonyl (C=O) groups excluding carboxylic acids is 3. The summed E-state index contributed by atoms with van der Waals surface area (Å²) in [6, 6.07) is 12.9. The van der Waals surface area contributed by atoms with Crippen LogP contribution in [0.15, 0.2) is 55.1 Å². The van der Waals surface area contributed by atoms with Crippen LogP contribution < -0.4 is 4.90 Å². The minimum absolute atomic E-state index is 0.00504. The molecule has 1 N–H and O–H groups in total. The Morgan fingerprint density at radius 1 is 1.21 bits per heavy atom. The molecule has 1 spiro atoms. The minimum Gasteiger partial charge on any atom is -0.466 e. The van der Waals surface area contributed by atoms with Crippen molar-refractivity contribution >= 4 is 34.2 Å². The zero-order valence-electron chi connectivity index (χ0n) is 22.1. The van der Waals surface area contributed by atoms with Crippen LogP contribution in [0.2, 0.25) is 0 Å². The summed E-state index contributed by atoms with van der Waals surface area (Å²) in [5.41, 5.74) is -1.28. The Morgan fingerprint density at radius 3 is 2.68 bits per heavy atom. The van der Waals surface area contributed by atoms with Gasteiger partial charge in [0.25, 0.3) is 5.91 Å². The highest BCUT2D eigenvalue weighted by Crippen LogP contribution is 2.63. The summed E-state index contributed by atoms with van der Waals surface area (Å²) in [4.78, 5) is 44.9. The number of nitrogens with zero attached hydrogens (tertiary/aromatic N) is 2. The molecule has 3 saturated heterocycles. The third-order valence-corrected chi connectivity index (χ3v) is 8.48. The number of benzene rings is 2. The van der Waals surface area contributed by atoms with E-state index in [4.69, 9.17) is 9.47 Å². The summed E-state index contributed by atoms with van der Waals surface area (Å²) in [5.74, 6) is -2.51. The van der Waals surface area contributed by atoms with Crippen molar-refractivity contribution in [2.24, 2.45) is 11.8 Å². The number of likely N-dealkylation sites (tertiary alicyclic amines) is 1. The van der Waals surface area contributed by atoms with Crippen molar-refractivity contribution in [3.05, 3.63) is 55.1 Å². The van der Waals surface area contributed by atoms with E-state index in [1.54, 1.807) is 22.8 Å². The number of aliphatic hydroxyl groups is 1. The lowest BCUT2D eigenvalue weighted by molar-refractivity contribution is -0.159. The Balaban J connectivity index is 1.58. The van der Waals surface area contributed by atoms with Crippen molar-refractivity contribution in [2.75, 3.05) is 31.2 Å². The third kappa shape index (κ3) is 4.01. The minimum atomic E-state index is -1.12. The van der Waals surface area contributed by atoms with Gasteiger partial charge in [0.15, 0.2) is 0 Å². The van der Waals surface area contributed by atoms with Gasteiger partial charge in [-0.15, -0.1) is 6.58 Å². The van der Waals surface area contributed by atoms with Crippen molar-refractivity contribution in [3.8, 4) is 0 Å². The SMILES string of the molecule is C=CCN(C(=O)C1N(CCCCO)C(=O)[C@@H]2[C@@H](C(=O)OCC)[C@@]3(C)CCC12O3)c1ccc2ccccc2c1. The number of fused-ring (bicyclic) bond motifs is 2. The van der Waals surface area contributed by atoms with E-state index in [1.165, 1.54) is 0 Å². The number of ether oxygens (including phenoxy) is 2. The number of hydrogen-bond donors (Lipinski definition) is 1. The Hall–Kier alpha value is -3.23. The Bertz CT molecular complexity index is 1260. The fourth-order valence-corrected chi connectivity index (χ4v) is 6.87. The largest absolute Gasteiger partial charge is 0.466 e. The van der Waals surface area contributed by atoms with Crippen LogP contribution in [0.5, 0.6) is 0 Å². The van der Waals surface area contributed by atoms with Gasteiger partial charge in [-0.25, -0.2) is 0 Å². The number of unbranched alkanes of at least 4 members (excludes halogenated alkanes) is 1. The van der Waals surface area contributed by atoms with Crippen LogP contribution in [-0.4, -0.2) is 71.3 Å². The van der Waals surface area contributed by atoms with Gasteiger partial charge < -0.3 is 24.4 Å². The molecule has 3 fully saturated rings. The number of hydrogen-bond acceptors (Lipinski definition) is 6. The molecule has 2 unspecified atom stereocenters. The molecule has 38 heavy (non-hydrogen) atoms. The van der Waals surface area contributed by atoms with Crippen LogP contribution in [-0.2, 0) is 23.9 Å². The van der Waals surface area contributed by atoms with Gasteiger partial charge in [-0.1, -0.05) is 36.4 Å². The molecule has 0 radical (unpaired) electrons. The van der Waals surface area contributed by atoms with Gasteiger partial charge in [0.1, 0.15) is 17.6 Å². The number of carbonyl (C=O) groups is 3. The van der Waals surface area contributed by atoms with Gasteiger partial charge in [0.2, 0.25) is 5.91 Å². The Morgan fingerprint density at radius 2 is 1.97 bits per heavy atom. The van der Waals surface area contributed by atoms with E-state index in [0.29, 0.717) is 37.9 Å². The summed E-state index contributed by atoms with van der Waals surface area (Å²) < 4.78 is 12.0. The van der Waals surface area contributed by atoms with E-state index in [0.717, 1.165) is 10.8 Å². The maximum Gasteiger partial charge on any atom is 0.312 e. The van der Waals surface area contributed by atoms with Gasteiger partial charge >= 0.3 is 5.97 Å². The smallest absolute Gasteiger partial charge is 0.312 e. The quantitative estimate of drug-likeness (QED) is 0.293. The zero-order chi connectivity index (χ0) is 27.1. The number of anilines is 1. The van der Waals surface area contributed by atoms with Gasteiger partial charge in [-0.3, -0.25) is 14.4 Å². The van der Waals surface area contributed by atoms with Crippen LogP contribution in [0.25, 0.3) is 10.8 Å². The first kappa shape index (κ1) is 26.4. The lowest BCUT2D eigenvalue weighted by atomic mass is 9.66. The number of aliphatic hydroxyl groups excluding tert-OH is 1. The molecule has 2 bridgehead atoms. The van der Waals surface area contributed by atoms with Crippen molar-refractivity contribution in [1.29, 1.82) is 0 Å². The maximum absolute atomic E-state index is 14.5. The predicted molar refractivity (Wildman–Crippen MR) is 143 cm³/mol. The molecule has 0 aliphatic carbocycles. The second-order valence-electron chi connectivity index (χ2n) is 10.7. The monoisotopic (exact) mass is 520 g/mol. The average Bonchev–Trinajstić information content (AvgIpc) is 3.47. The summed E-state index contributed by atoms with van der Waals surface area (Å²) in [7, 11) is 0. The molecule has 3 aliphatic heterocycles. The zero-order valence-corrected chi connectivity index (χ0v) is 22.1. The first-order chi connectivity index (χ1) is 18.3. The van der Waals surface area contributed by atoms with Gasteiger partial charge in [0, 0.05) is 25.4 Å². The first-order valence-electron chi connectivity index (χ1n) is 13.5. The van der Waals surface area contributed by atoms with Gasteiger partial charge in [-0.2, -0.15) is 0 Å². The number of amides is 2. The second kappa shape index (κ2) is 10.2. The topological polar surface area (TPSA) is 96.4 Å². The Kier molecular flexibility index (Phi) is 7.05. The normalized spacial score (nSPS) is 29.5. The maximum atomic E-state index is 14.5. The molecule has 0 aromatic heterocycles. The van der Waals surface area contributed by atoms with Gasteiger partial charge in [0.05, 0.1) is 18.1 Å². The fraction of sp³-hybridized carbons (Fsp3) is 0.500. The summed E-state index contributed by atoms with van der Waals surface area (Å²) in [5, 5.41) is 11.4. The van der Waals surface area contributed by atoms with Crippen molar-refractivity contribution < 1.29 is 29.0 Å². The predicted octanol–water partition coefficient (Wildman–Crippen LogP) is 3.46. The molecule has 5 rings (SSSR count). The highest BCUT2D eigenvalue weighted by Gasteiger charge is 2.78. The van der Waals surface area contributed by atoms with Crippen LogP contribution in [0.4, 0.5) is 5.69 Å². The molecule has 2 aromatic rings. The second-order valence-corrected chi connectivity index (χ2v) is 10.7. The highest BCUT2D eigenvalue weighted by molar-refractivity contribution is 6.05. The molecule has 3 aliphatic rings. The number of esters is 1. The van der Waals surface area contributed by atoms with Crippen LogP contribution >= 0.6 is 0 Å². The third-order valence-electron chi connectivity index (χ3n) is 8.48. The van der Waals surface area contributed by atoms with E-state index >= 15 is 0 Å². The molecular formula is C30H36N2O6. The van der Waals surface area contributed by atoms with Crippen LogP contribution in [0.1, 0.15) is 39.5 Å². The molecule has 5 atom stereocenters. The van der Waals surface area contributed by atoms with E-state index in [-0.39, 0.29) is 31.6 Å². The molecule has 8 nitrogen and oxygen atoms in total. The lowest BCUT2D eigenvalue weighted by Gasteiger charge is -2.37. The molecule has 8 heteroatoms. The Labute approximate surface area is 223 Å². The number of rotatable bonds is 10. The van der Waals surface area contributed by atoms with Crippen LogP contribution in [0, 0.1) is 11.8 Å². The molecule has 202 valence electrons. The molecule has 3 heterocycles. The van der Waals surface area contributed by atoms with E-state index in [2.05, 4.69) is 6.58 Å². The van der Waals surface area contributed by atoms with Crippen molar-refractivity contribution in [1.82, 2.24) is 4.90 Å². The molecule has 0 saturated carbocycles. The molecular weight excluding hydrogens is 484 g/mol. The van der Waals surface area contributed by atoms with E-state index in [9.17, 15) is 19.5 Å². The van der Waals surface area contributed by atoms with Crippen LogP contribution in [0.3, 0.4) is 0 Å². The van der Waals surface area contributed by atoms with Gasteiger partial charge in [-0.05, 0) is 62.4 Å². The van der Waals surface area contributed by atoms with E-state index in [1.807, 2.05) is 49.4 Å². The average molecular weight is 521 g/mol. The summed E-state index contributed by atoms with van der Waals surface area (Å²) >= 11 is 0. The lowest BCUT2D eigenvalue weighted by Crippen LogP contribution is -2.56. The summed E-state index contributed by atoms with van der Waals surface area (Å²) in [6.45, 7) is 8.23. The van der Waals surface area contributed by atoms with Crippen molar-refractivity contribution in [2.45, 2.75) is 56.8 Å². The first-order valence-corrected chi connectivity index (χ1v) is 13.5. The molecule has 2 amide bonds. The fourth-order valence-electron chi connectivity index (χ4n) is 6.87. The standard InChI is InChI=1S/C30H36N2O6/c1-4-16-31(22-13-12-20-10-6-7-11-21(20)19-22)27(35)25-30-15-14-29(3,38-30)24(28(36)37-5-2)23(30)26(34)32(25)17-8-9-18-33/h4,6-7,10-13,19,23-25,33H,1,5,8-9,14-18H2,2-3H3/t23-,24-,25?,29+,30?/m0/s1. The van der Waals surface area contributed by atoms with E-state index < -0.39 is 35.0 Å². The summed E-state index contributed by atoms with van der Waals surface area (Å²) in [6.07, 6.45) is 3.77. The van der Waals surface area contributed by atoms with Crippen molar-refractivity contribution in [3.63, 3.8) is 0 Å².